The maximum absolute atomic E-state index is 11.4. The van der Waals surface area contributed by atoms with Gasteiger partial charge in [0.15, 0.2) is 0 Å². The first kappa shape index (κ1) is 14.0. The van der Waals surface area contributed by atoms with Crippen LogP contribution in [0.1, 0.15) is 40.5 Å². The molecule has 1 rings (SSSR count). The van der Waals surface area contributed by atoms with Crippen molar-refractivity contribution in [1.82, 2.24) is 0 Å². The van der Waals surface area contributed by atoms with E-state index in [4.69, 9.17) is 5.11 Å². The first-order valence-electron chi connectivity index (χ1n) is 6.12. The predicted octanol–water partition coefficient (Wildman–Crippen LogP) is 2.48. The number of carboxylic acids is 2. The Bertz CT molecular complexity index is 316. The molecule has 1 aliphatic carbocycles. The minimum absolute atomic E-state index is 0.0469. The Morgan fingerprint density at radius 1 is 1.06 bits per heavy atom. The fourth-order valence-electron chi connectivity index (χ4n) is 3.14. The van der Waals surface area contributed by atoms with E-state index in [0.29, 0.717) is 12.8 Å². The van der Waals surface area contributed by atoms with Gasteiger partial charge in [-0.05, 0) is 30.1 Å². The fourth-order valence-corrected chi connectivity index (χ4v) is 3.14. The Hall–Kier alpha value is -1.06. The summed E-state index contributed by atoms with van der Waals surface area (Å²) in [5.74, 6) is -3.05. The molecule has 1 fully saturated rings. The van der Waals surface area contributed by atoms with Gasteiger partial charge < -0.3 is 10.2 Å². The van der Waals surface area contributed by atoms with Crippen LogP contribution < -0.4 is 0 Å². The van der Waals surface area contributed by atoms with E-state index in [-0.39, 0.29) is 17.3 Å². The minimum atomic E-state index is -0.865. The molecule has 0 aromatic heterocycles. The van der Waals surface area contributed by atoms with Crippen molar-refractivity contribution in [2.24, 2.45) is 29.1 Å². The highest BCUT2D eigenvalue weighted by Crippen LogP contribution is 2.46. The average molecular weight is 242 g/mol. The molecule has 0 saturated heterocycles. The van der Waals surface area contributed by atoms with E-state index in [1.54, 1.807) is 6.92 Å². The number of hydrogen-bond acceptors (Lipinski definition) is 2. The van der Waals surface area contributed by atoms with Crippen molar-refractivity contribution in [2.45, 2.75) is 40.5 Å². The molecule has 4 nitrogen and oxygen atoms in total. The molecule has 98 valence electrons. The lowest BCUT2D eigenvalue weighted by molar-refractivity contribution is -0.157. The fraction of sp³-hybridized carbons (Fsp3) is 0.846. The summed E-state index contributed by atoms with van der Waals surface area (Å²) in [6, 6.07) is 0. The van der Waals surface area contributed by atoms with Gasteiger partial charge in [0, 0.05) is 0 Å². The summed E-state index contributed by atoms with van der Waals surface area (Å²) >= 11 is 0. The van der Waals surface area contributed by atoms with Gasteiger partial charge >= 0.3 is 11.9 Å². The highest BCUT2D eigenvalue weighted by molar-refractivity contribution is 5.75. The quantitative estimate of drug-likeness (QED) is 0.780. The van der Waals surface area contributed by atoms with Gasteiger partial charge in [-0.3, -0.25) is 9.59 Å². The number of rotatable bonds is 2. The summed E-state index contributed by atoms with van der Waals surface area (Å²) < 4.78 is 0. The van der Waals surface area contributed by atoms with Crippen LogP contribution in [0.4, 0.5) is 0 Å². The van der Waals surface area contributed by atoms with Gasteiger partial charge in [-0.15, -0.1) is 0 Å². The van der Waals surface area contributed by atoms with Crippen LogP contribution in [0.15, 0.2) is 0 Å². The standard InChI is InChI=1S/C13H22O4/c1-7-8(11(14)15)5-6-9(13(2,3)4)10(7)12(16)17/h7-10H,5-6H2,1-4H3,(H,14,15)(H,16,17). The second-order valence-corrected chi connectivity index (χ2v) is 6.22. The molecule has 2 N–H and O–H groups in total. The van der Waals surface area contributed by atoms with Crippen LogP contribution >= 0.6 is 0 Å². The van der Waals surface area contributed by atoms with Gasteiger partial charge in [0.25, 0.3) is 0 Å². The van der Waals surface area contributed by atoms with Crippen LogP contribution in [0.5, 0.6) is 0 Å². The molecule has 4 unspecified atom stereocenters. The molecule has 0 bridgehead atoms. The van der Waals surface area contributed by atoms with Crippen LogP contribution in [0, 0.1) is 29.1 Å². The Kier molecular flexibility index (Phi) is 3.84. The Morgan fingerprint density at radius 2 is 1.59 bits per heavy atom. The summed E-state index contributed by atoms with van der Waals surface area (Å²) in [7, 11) is 0. The average Bonchev–Trinajstić information content (AvgIpc) is 2.14. The molecule has 1 saturated carbocycles. The normalized spacial score (nSPS) is 34.4. The summed E-state index contributed by atoms with van der Waals surface area (Å²) in [6.45, 7) is 7.85. The lowest BCUT2D eigenvalue weighted by Gasteiger charge is -2.43. The van der Waals surface area contributed by atoms with E-state index < -0.39 is 23.8 Å². The lowest BCUT2D eigenvalue weighted by atomic mass is 9.60. The first-order chi connectivity index (χ1) is 7.66. The maximum Gasteiger partial charge on any atom is 0.307 e. The van der Waals surface area contributed by atoms with Crippen molar-refractivity contribution in [3.63, 3.8) is 0 Å². The number of carbonyl (C=O) groups is 2. The molecule has 4 atom stereocenters. The number of carboxylic acid groups (broad SMARTS) is 2. The van der Waals surface area contributed by atoms with Gasteiger partial charge in [0.05, 0.1) is 11.8 Å². The third-order valence-electron chi connectivity index (χ3n) is 4.14. The summed E-state index contributed by atoms with van der Waals surface area (Å²) in [6.07, 6.45) is 1.27. The van der Waals surface area contributed by atoms with Crippen LogP contribution in [0.3, 0.4) is 0 Å². The van der Waals surface area contributed by atoms with Crippen molar-refractivity contribution < 1.29 is 19.8 Å². The molecule has 0 spiro atoms. The van der Waals surface area contributed by atoms with Gasteiger partial charge in [-0.1, -0.05) is 27.7 Å². The third kappa shape index (κ3) is 2.79. The zero-order valence-corrected chi connectivity index (χ0v) is 10.9. The highest BCUT2D eigenvalue weighted by atomic mass is 16.4. The smallest absolute Gasteiger partial charge is 0.307 e. The van der Waals surface area contributed by atoms with E-state index >= 15 is 0 Å². The first-order valence-corrected chi connectivity index (χ1v) is 6.12. The van der Waals surface area contributed by atoms with Crippen LogP contribution in [-0.4, -0.2) is 22.2 Å². The van der Waals surface area contributed by atoms with Crippen molar-refractivity contribution >= 4 is 11.9 Å². The zero-order valence-electron chi connectivity index (χ0n) is 10.9. The summed E-state index contributed by atoms with van der Waals surface area (Å²) in [5.41, 5.74) is -0.0964. The van der Waals surface area contributed by atoms with Gasteiger partial charge in [-0.2, -0.15) is 0 Å². The SMILES string of the molecule is CC1C(C(=O)O)CCC(C(C)(C)C)C1C(=O)O. The van der Waals surface area contributed by atoms with Crippen molar-refractivity contribution in [2.75, 3.05) is 0 Å². The van der Waals surface area contributed by atoms with Crippen molar-refractivity contribution in [3.05, 3.63) is 0 Å². The lowest BCUT2D eigenvalue weighted by Crippen LogP contribution is -2.45. The Balaban J connectivity index is 3.00. The van der Waals surface area contributed by atoms with Crippen LogP contribution in [0.25, 0.3) is 0 Å². The monoisotopic (exact) mass is 242 g/mol. The number of aliphatic carboxylic acids is 2. The van der Waals surface area contributed by atoms with E-state index in [9.17, 15) is 14.7 Å². The molecule has 0 heterocycles. The van der Waals surface area contributed by atoms with E-state index in [0.717, 1.165) is 0 Å². The second kappa shape index (κ2) is 4.67. The molecule has 4 heteroatoms. The highest BCUT2D eigenvalue weighted by Gasteiger charge is 2.47. The Labute approximate surface area is 102 Å². The molecular weight excluding hydrogens is 220 g/mol. The third-order valence-corrected chi connectivity index (χ3v) is 4.14. The van der Waals surface area contributed by atoms with Gasteiger partial charge in [-0.25, -0.2) is 0 Å². The summed E-state index contributed by atoms with van der Waals surface area (Å²) in [4.78, 5) is 22.5. The molecular formula is C13H22O4. The Morgan fingerprint density at radius 3 is 1.94 bits per heavy atom. The van der Waals surface area contributed by atoms with Crippen molar-refractivity contribution in [3.8, 4) is 0 Å². The van der Waals surface area contributed by atoms with Crippen LogP contribution in [0.2, 0.25) is 0 Å². The van der Waals surface area contributed by atoms with Crippen LogP contribution in [-0.2, 0) is 9.59 Å². The molecule has 1 aliphatic rings. The zero-order chi connectivity index (χ0) is 13.4. The van der Waals surface area contributed by atoms with E-state index in [2.05, 4.69) is 0 Å². The van der Waals surface area contributed by atoms with E-state index in [1.807, 2.05) is 20.8 Å². The molecule has 0 amide bonds. The van der Waals surface area contributed by atoms with Gasteiger partial charge in [0.1, 0.15) is 0 Å². The summed E-state index contributed by atoms with van der Waals surface area (Å²) in [5, 5.41) is 18.5. The molecule has 0 aliphatic heterocycles. The second-order valence-electron chi connectivity index (χ2n) is 6.22. The van der Waals surface area contributed by atoms with E-state index in [1.165, 1.54) is 0 Å². The largest absolute Gasteiger partial charge is 0.481 e. The number of hydrogen-bond donors (Lipinski definition) is 2. The predicted molar refractivity (Wildman–Crippen MR) is 63.6 cm³/mol. The van der Waals surface area contributed by atoms with Gasteiger partial charge in [0.2, 0.25) is 0 Å². The minimum Gasteiger partial charge on any atom is -0.481 e. The molecule has 17 heavy (non-hydrogen) atoms. The van der Waals surface area contributed by atoms with Crippen molar-refractivity contribution in [1.29, 1.82) is 0 Å². The maximum atomic E-state index is 11.4. The molecule has 0 aromatic carbocycles. The topological polar surface area (TPSA) is 74.6 Å². The molecule has 0 aromatic rings. The molecule has 0 radical (unpaired) electrons.